The first kappa shape index (κ1) is 9.61. The SMILES string of the molecule is OCc1ncnn1CCC1CCCO1. The van der Waals surface area contributed by atoms with Crippen molar-refractivity contribution >= 4 is 0 Å². The summed E-state index contributed by atoms with van der Waals surface area (Å²) in [6.45, 7) is 1.61. The molecule has 78 valence electrons. The molecule has 0 aromatic carbocycles. The van der Waals surface area contributed by atoms with Gasteiger partial charge in [-0.2, -0.15) is 5.10 Å². The third-order valence-electron chi connectivity index (χ3n) is 2.52. The molecule has 2 rings (SSSR count). The predicted octanol–water partition coefficient (Wildman–Crippen LogP) is 0.339. The smallest absolute Gasteiger partial charge is 0.152 e. The molecule has 0 aliphatic carbocycles. The first-order valence-electron chi connectivity index (χ1n) is 4.99. The van der Waals surface area contributed by atoms with Crippen LogP contribution in [0.4, 0.5) is 0 Å². The minimum absolute atomic E-state index is 0.0501. The van der Waals surface area contributed by atoms with Crippen LogP contribution in [0.2, 0.25) is 0 Å². The molecule has 1 atom stereocenters. The predicted molar refractivity (Wildman–Crippen MR) is 49.5 cm³/mol. The number of rotatable bonds is 4. The molecule has 1 aliphatic rings. The van der Waals surface area contributed by atoms with Crippen LogP contribution in [-0.4, -0.2) is 32.6 Å². The molecule has 14 heavy (non-hydrogen) atoms. The topological polar surface area (TPSA) is 60.2 Å². The third-order valence-corrected chi connectivity index (χ3v) is 2.52. The van der Waals surface area contributed by atoms with Gasteiger partial charge in [-0.1, -0.05) is 0 Å². The van der Waals surface area contributed by atoms with E-state index in [0.717, 1.165) is 32.4 Å². The Labute approximate surface area is 82.7 Å². The number of hydrogen-bond acceptors (Lipinski definition) is 4. The van der Waals surface area contributed by atoms with Crippen LogP contribution in [0, 0.1) is 0 Å². The standard InChI is InChI=1S/C9H15N3O2/c13-6-9-10-7-11-12(9)4-3-8-2-1-5-14-8/h7-8,13H,1-6H2. The Bertz CT molecular complexity index is 281. The summed E-state index contributed by atoms with van der Waals surface area (Å²) in [5.41, 5.74) is 0. The van der Waals surface area contributed by atoms with E-state index in [1.807, 2.05) is 0 Å². The van der Waals surface area contributed by atoms with E-state index >= 15 is 0 Å². The van der Waals surface area contributed by atoms with Gasteiger partial charge in [0.2, 0.25) is 0 Å². The molecule has 1 aromatic rings. The third kappa shape index (κ3) is 2.10. The van der Waals surface area contributed by atoms with Crippen LogP contribution < -0.4 is 0 Å². The van der Waals surface area contributed by atoms with E-state index in [2.05, 4.69) is 10.1 Å². The molecular weight excluding hydrogens is 182 g/mol. The van der Waals surface area contributed by atoms with Crippen molar-refractivity contribution in [2.24, 2.45) is 0 Å². The van der Waals surface area contributed by atoms with Crippen molar-refractivity contribution in [1.82, 2.24) is 14.8 Å². The number of nitrogens with zero attached hydrogens (tertiary/aromatic N) is 3. The van der Waals surface area contributed by atoms with E-state index < -0.39 is 0 Å². The van der Waals surface area contributed by atoms with E-state index in [4.69, 9.17) is 9.84 Å². The lowest BCUT2D eigenvalue weighted by atomic mass is 10.2. The van der Waals surface area contributed by atoms with Crippen molar-refractivity contribution in [2.75, 3.05) is 6.61 Å². The van der Waals surface area contributed by atoms with E-state index in [9.17, 15) is 0 Å². The molecule has 0 spiro atoms. The number of hydrogen-bond donors (Lipinski definition) is 1. The molecule has 0 amide bonds. The second-order valence-corrected chi connectivity index (χ2v) is 3.48. The Hall–Kier alpha value is -0.940. The first-order valence-corrected chi connectivity index (χ1v) is 4.99. The summed E-state index contributed by atoms with van der Waals surface area (Å²) in [5, 5.41) is 13.0. The summed E-state index contributed by atoms with van der Waals surface area (Å²) >= 11 is 0. The Kier molecular flexibility index (Phi) is 3.10. The molecule has 1 unspecified atom stereocenters. The molecule has 2 heterocycles. The number of aliphatic hydroxyl groups excluding tert-OH is 1. The van der Waals surface area contributed by atoms with Crippen LogP contribution in [-0.2, 0) is 17.9 Å². The summed E-state index contributed by atoms with van der Waals surface area (Å²) in [6, 6.07) is 0. The van der Waals surface area contributed by atoms with Crippen LogP contribution in [0.3, 0.4) is 0 Å². The normalized spacial score (nSPS) is 21.6. The van der Waals surface area contributed by atoms with Gasteiger partial charge in [0.05, 0.1) is 6.10 Å². The van der Waals surface area contributed by atoms with Gasteiger partial charge < -0.3 is 9.84 Å². The number of aromatic nitrogens is 3. The number of ether oxygens (including phenoxy) is 1. The van der Waals surface area contributed by atoms with Crippen LogP contribution >= 0.6 is 0 Å². The molecule has 1 fully saturated rings. The van der Waals surface area contributed by atoms with Crippen LogP contribution in [0.25, 0.3) is 0 Å². The molecule has 1 aliphatic heterocycles. The van der Waals surface area contributed by atoms with Crippen molar-refractivity contribution in [1.29, 1.82) is 0 Å². The minimum atomic E-state index is -0.0501. The molecule has 1 N–H and O–H groups in total. The van der Waals surface area contributed by atoms with Crippen molar-refractivity contribution in [3.63, 3.8) is 0 Å². The second-order valence-electron chi connectivity index (χ2n) is 3.48. The van der Waals surface area contributed by atoms with E-state index in [1.165, 1.54) is 6.33 Å². The van der Waals surface area contributed by atoms with Gasteiger partial charge >= 0.3 is 0 Å². The zero-order chi connectivity index (χ0) is 9.80. The van der Waals surface area contributed by atoms with Gasteiger partial charge in [-0.25, -0.2) is 9.67 Å². The van der Waals surface area contributed by atoms with Gasteiger partial charge in [-0.05, 0) is 19.3 Å². The Morgan fingerprint density at radius 3 is 3.29 bits per heavy atom. The molecule has 1 aromatic heterocycles. The molecular formula is C9H15N3O2. The highest BCUT2D eigenvalue weighted by molar-refractivity contribution is 4.81. The van der Waals surface area contributed by atoms with E-state index in [-0.39, 0.29) is 6.61 Å². The Morgan fingerprint density at radius 2 is 2.57 bits per heavy atom. The zero-order valence-corrected chi connectivity index (χ0v) is 8.09. The summed E-state index contributed by atoms with van der Waals surface area (Å²) in [7, 11) is 0. The highest BCUT2D eigenvalue weighted by Gasteiger charge is 2.15. The molecule has 0 radical (unpaired) electrons. The average Bonchev–Trinajstić information content (AvgIpc) is 2.85. The van der Waals surface area contributed by atoms with Gasteiger partial charge in [-0.3, -0.25) is 0 Å². The fraction of sp³-hybridized carbons (Fsp3) is 0.778. The van der Waals surface area contributed by atoms with Gasteiger partial charge in [0.1, 0.15) is 12.9 Å². The minimum Gasteiger partial charge on any atom is -0.388 e. The molecule has 0 bridgehead atoms. The molecule has 5 nitrogen and oxygen atoms in total. The molecule has 1 saturated heterocycles. The van der Waals surface area contributed by atoms with Crippen molar-refractivity contribution in [3.8, 4) is 0 Å². The highest BCUT2D eigenvalue weighted by atomic mass is 16.5. The average molecular weight is 197 g/mol. The highest BCUT2D eigenvalue weighted by Crippen LogP contribution is 2.15. The van der Waals surface area contributed by atoms with Crippen molar-refractivity contribution in [3.05, 3.63) is 12.2 Å². The Morgan fingerprint density at radius 1 is 1.64 bits per heavy atom. The Balaban J connectivity index is 1.84. The maximum Gasteiger partial charge on any atom is 0.152 e. The van der Waals surface area contributed by atoms with Crippen molar-refractivity contribution < 1.29 is 9.84 Å². The fourth-order valence-electron chi connectivity index (χ4n) is 1.74. The second kappa shape index (κ2) is 4.52. The first-order chi connectivity index (χ1) is 6.90. The van der Waals surface area contributed by atoms with E-state index in [1.54, 1.807) is 4.68 Å². The maximum absolute atomic E-state index is 8.94. The molecule has 0 saturated carbocycles. The van der Waals surface area contributed by atoms with Crippen LogP contribution in [0.5, 0.6) is 0 Å². The quantitative estimate of drug-likeness (QED) is 0.756. The lowest BCUT2D eigenvalue weighted by Gasteiger charge is -2.09. The van der Waals surface area contributed by atoms with Gasteiger partial charge in [0.25, 0.3) is 0 Å². The van der Waals surface area contributed by atoms with Gasteiger partial charge in [0, 0.05) is 13.2 Å². The monoisotopic (exact) mass is 197 g/mol. The van der Waals surface area contributed by atoms with Crippen LogP contribution in [0.15, 0.2) is 6.33 Å². The largest absolute Gasteiger partial charge is 0.388 e. The zero-order valence-electron chi connectivity index (χ0n) is 8.09. The summed E-state index contributed by atoms with van der Waals surface area (Å²) in [6.07, 6.45) is 5.10. The van der Waals surface area contributed by atoms with Crippen LogP contribution in [0.1, 0.15) is 25.1 Å². The summed E-state index contributed by atoms with van der Waals surface area (Å²) < 4.78 is 7.24. The van der Waals surface area contributed by atoms with Gasteiger partial charge in [0.15, 0.2) is 5.82 Å². The lowest BCUT2D eigenvalue weighted by molar-refractivity contribution is 0.0986. The summed E-state index contributed by atoms with van der Waals surface area (Å²) in [4.78, 5) is 3.94. The number of aliphatic hydroxyl groups is 1. The maximum atomic E-state index is 8.94. The van der Waals surface area contributed by atoms with E-state index in [0.29, 0.717) is 11.9 Å². The number of aryl methyl sites for hydroxylation is 1. The fourth-order valence-corrected chi connectivity index (χ4v) is 1.74. The lowest BCUT2D eigenvalue weighted by Crippen LogP contribution is -2.13. The van der Waals surface area contributed by atoms with Gasteiger partial charge in [-0.15, -0.1) is 0 Å². The van der Waals surface area contributed by atoms with Crippen molar-refractivity contribution in [2.45, 2.75) is 38.5 Å². The molecule has 5 heteroatoms. The summed E-state index contributed by atoms with van der Waals surface area (Å²) in [5.74, 6) is 0.628.